The van der Waals surface area contributed by atoms with Crippen LogP contribution in [0.3, 0.4) is 0 Å². The highest BCUT2D eigenvalue weighted by atomic mass is 32.1. The summed E-state index contributed by atoms with van der Waals surface area (Å²) in [6.07, 6.45) is 1.61. The Balaban J connectivity index is 2.59. The summed E-state index contributed by atoms with van der Waals surface area (Å²) in [7, 11) is 2.00. The summed E-state index contributed by atoms with van der Waals surface area (Å²) in [5.41, 5.74) is -0.0932. The van der Waals surface area contributed by atoms with E-state index < -0.39 is 0 Å². The molecule has 2 heterocycles. The van der Waals surface area contributed by atoms with Gasteiger partial charge in [0.2, 0.25) is 0 Å². The van der Waals surface area contributed by atoms with Crippen molar-refractivity contribution >= 4 is 24.0 Å². The van der Waals surface area contributed by atoms with Gasteiger partial charge in [0.1, 0.15) is 5.00 Å². The zero-order valence-electron chi connectivity index (χ0n) is 7.10. The van der Waals surface area contributed by atoms with E-state index in [2.05, 4.69) is 5.10 Å². The third kappa shape index (κ3) is 1.55. The normalized spacial score (nSPS) is 10.2. The van der Waals surface area contributed by atoms with Gasteiger partial charge in [0.05, 0.1) is 0 Å². The van der Waals surface area contributed by atoms with Crippen LogP contribution in [-0.4, -0.2) is 17.6 Å². The highest BCUT2D eigenvalue weighted by Gasteiger charge is 2.00. The second-order valence-corrected chi connectivity index (χ2v) is 3.92. The minimum atomic E-state index is -0.0932. The molecule has 0 aliphatic carbocycles. The number of thiophene rings is 1. The topological polar surface area (TPSA) is 34.9 Å². The first kappa shape index (κ1) is 8.25. The lowest BCUT2D eigenvalue weighted by Gasteiger charge is -1.97. The Kier molecular flexibility index (Phi) is 2.02. The van der Waals surface area contributed by atoms with Crippen LogP contribution in [0, 0.1) is 0 Å². The van der Waals surface area contributed by atoms with Crippen molar-refractivity contribution in [2.24, 2.45) is 0 Å². The third-order valence-corrected chi connectivity index (χ3v) is 2.63. The molecular formula is C8H7BN2OS. The molecule has 2 rings (SSSR count). The molecule has 5 heteroatoms. The Morgan fingerprint density at radius 3 is 2.85 bits per heavy atom. The second kappa shape index (κ2) is 3.18. The molecule has 3 nitrogen and oxygen atoms in total. The van der Waals surface area contributed by atoms with Gasteiger partial charge >= 0.3 is 0 Å². The van der Waals surface area contributed by atoms with Gasteiger partial charge in [-0.15, -0.1) is 11.3 Å². The smallest absolute Gasteiger partial charge is 0.267 e. The first-order valence-electron chi connectivity index (χ1n) is 3.88. The summed E-state index contributed by atoms with van der Waals surface area (Å²) in [4.78, 5) is 11.3. The van der Waals surface area contributed by atoms with Gasteiger partial charge in [0.15, 0.2) is 7.85 Å². The minimum absolute atomic E-state index is 0.0932. The van der Waals surface area contributed by atoms with E-state index in [0.29, 0.717) is 0 Å². The van der Waals surface area contributed by atoms with Crippen molar-refractivity contribution in [3.05, 3.63) is 40.8 Å². The maximum absolute atomic E-state index is 11.3. The van der Waals surface area contributed by atoms with Gasteiger partial charge in [-0.25, -0.2) is 0 Å². The Labute approximate surface area is 80.1 Å². The van der Waals surface area contributed by atoms with E-state index in [1.807, 2.05) is 20.0 Å². The number of hydrogen-bond acceptors (Lipinski definition) is 3. The first-order chi connectivity index (χ1) is 6.27. The maximum Gasteiger partial charge on any atom is 0.272 e. The molecule has 0 bridgehead atoms. The number of nitrogens with zero attached hydrogens (tertiary/aromatic N) is 2. The van der Waals surface area contributed by atoms with Gasteiger partial charge < -0.3 is 0 Å². The Hall–Kier alpha value is -1.36. The molecule has 0 fully saturated rings. The molecule has 0 N–H and O–H groups in total. The van der Waals surface area contributed by atoms with E-state index in [9.17, 15) is 4.79 Å². The second-order valence-electron chi connectivity index (χ2n) is 2.66. The first-order valence-corrected chi connectivity index (χ1v) is 4.70. The quantitative estimate of drug-likeness (QED) is 0.571. The number of hydrogen-bond donors (Lipinski definition) is 0. The Morgan fingerprint density at radius 1 is 1.38 bits per heavy atom. The molecule has 13 heavy (non-hydrogen) atoms. The van der Waals surface area contributed by atoms with E-state index in [-0.39, 0.29) is 5.56 Å². The molecule has 0 aliphatic heterocycles. The van der Waals surface area contributed by atoms with Gasteiger partial charge in [-0.2, -0.15) is 9.78 Å². The lowest BCUT2D eigenvalue weighted by Crippen LogP contribution is -2.17. The zero-order chi connectivity index (χ0) is 9.26. The van der Waals surface area contributed by atoms with Crippen molar-refractivity contribution in [2.45, 2.75) is 0 Å². The van der Waals surface area contributed by atoms with Gasteiger partial charge in [-0.3, -0.25) is 4.79 Å². The molecule has 2 aromatic rings. The summed E-state index contributed by atoms with van der Waals surface area (Å²) >= 11 is 1.56. The predicted molar refractivity (Wildman–Crippen MR) is 55.9 cm³/mol. The van der Waals surface area contributed by atoms with E-state index in [4.69, 9.17) is 0 Å². The fraction of sp³-hybridized carbons (Fsp3) is 0. The van der Waals surface area contributed by atoms with Crippen molar-refractivity contribution in [3.8, 4) is 5.00 Å². The van der Waals surface area contributed by atoms with E-state index in [1.165, 1.54) is 15.5 Å². The summed E-state index contributed by atoms with van der Waals surface area (Å²) in [5, 5.41) is 4.84. The van der Waals surface area contributed by atoms with Gasteiger partial charge in [0.25, 0.3) is 5.56 Å². The average molecular weight is 190 g/mol. The standard InChI is InChI=1S/C8H7BN2OS/c9-6-3-4-8(13-6)11-7(12)2-1-5-10-11/h1-5H,9H2. The molecule has 0 saturated heterocycles. The molecule has 0 spiro atoms. The number of rotatable bonds is 1. The van der Waals surface area contributed by atoms with Crippen molar-refractivity contribution in [1.82, 2.24) is 9.78 Å². The molecule has 2 aromatic heterocycles. The highest BCUT2D eigenvalue weighted by molar-refractivity contribution is 7.22. The monoisotopic (exact) mass is 190 g/mol. The molecule has 64 valence electrons. The van der Waals surface area contributed by atoms with Crippen LogP contribution in [0.4, 0.5) is 0 Å². The van der Waals surface area contributed by atoms with Crippen molar-refractivity contribution in [2.75, 3.05) is 0 Å². The largest absolute Gasteiger partial charge is 0.272 e. The lowest BCUT2D eigenvalue weighted by molar-refractivity contribution is 0.820. The predicted octanol–water partition coefficient (Wildman–Crippen LogP) is -0.448. The lowest BCUT2D eigenvalue weighted by atomic mass is 10.1. The van der Waals surface area contributed by atoms with E-state index in [1.54, 1.807) is 23.6 Å². The molecular weight excluding hydrogens is 183 g/mol. The molecule has 0 amide bonds. The van der Waals surface area contributed by atoms with Gasteiger partial charge in [0, 0.05) is 12.3 Å². The van der Waals surface area contributed by atoms with Crippen molar-refractivity contribution in [1.29, 1.82) is 0 Å². The Morgan fingerprint density at radius 2 is 2.23 bits per heavy atom. The van der Waals surface area contributed by atoms with E-state index in [0.717, 1.165) is 5.00 Å². The van der Waals surface area contributed by atoms with Crippen LogP contribution in [0.25, 0.3) is 5.00 Å². The summed E-state index contributed by atoms with van der Waals surface area (Å²) < 4.78 is 2.57. The van der Waals surface area contributed by atoms with Crippen LogP contribution >= 0.6 is 11.3 Å². The Bertz CT molecular complexity index is 477. The van der Waals surface area contributed by atoms with Crippen LogP contribution < -0.4 is 10.3 Å². The highest BCUT2D eigenvalue weighted by Crippen LogP contribution is 2.07. The molecule has 0 aromatic carbocycles. The van der Waals surface area contributed by atoms with Crippen LogP contribution in [0.15, 0.2) is 35.3 Å². The molecule has 0 atom stereocenters. The van der Waals surface area contributed by atoms with Crippen LogP contribution in [-0.2, 0) is 0 Å². The van der Waals surface area contributed by atoms with Crippen molar-refractivity contribution in [3.63, 3.8) is 0 Å². The summed E-state index contributed by atoms with van der Waals surface area (Å²) in [6.45, 7) is 0. The summed E-state index contributed by atoms with van der Waals surface area (Å²) in [6, 6.07) is 7.01. The minimum Gasteiger partial charge on any atom is -0.267 e. The molecule has 0 aliphatic rings. The third-order valence-electron chi connectivity index (χ3n) is 1.65. The van der Waals surface area contributed by atoms with Crippen LogP contribution in [0.2, 0.25) is 0 Å². The number of aromatic nitrogens is 2. The summed E-state index contributed by atoms with van der Waals surface area (Å²) in [5.74, 6) is 0. The van der Waals surface area contributed by atoms with E-state index >= 15 is 0 Å². The fourth-order valence-electron chi connectivity index (χ4n) is 1.06. The molecule has 0 unspecified atom stereocenters. The van der Waals surface area contributed by atoms with Crippen molar-refractivity contribution < 1.29 is 0 Å². The van der Waals surface area contributed by atoms with Gasteiger partial charge in [-0.1, -0.05) is 6.07 Å². The SMILES string of the molecule is Bc1ccc(-n2ncccc2=O)s1. The van der Waals surface area contributed by atoms with Crippen LogP contribution in [0.5, 0.6) is 0 Å². The van der Waals surface area contributed by atoms with Gasteiger partial charge in [-0.05, 0) is 16.9 Å². The zero-order valence-corrected chi connectivity index (χ0v) is 7.91. The fourth-order valence-corrected chi connectivity index (χ4v) is 1.88. The average Bonchev–Trinajstić information content (AvgIpc) is 2.53. The molecule has 0 radical (unpaired) electrons. The van der Waals surface area contributed by atoms with Crippen LogP contribution in [0.1, 0.15) is 0 Å². The maximum atomic E-state index is 11.3. The molecule has 0 saturated carbocycles.